The molecule has 3 rings (SSSR count). The van der Waals surface area contributed by atoms with Gasteiger partial charge in [-0.2, -0.15) is 0 Å². The van der Waals surface area contributed by atoms with Crippen LogP contribution in [0.25, 0.3) is 0 Å². The zero-order valence-corrected chi connectivity index (χ0v) is 19.2. The number of hydrogen-bond acceptors (Lipinski definition) is 3. The van der Waals surface area contributed by atoms with E-state index in [-0.39, 0.29) is 27.2 Å². The van der Waals surface area contributed by atoms with Gasteiger partial charge in [-0.3, -0.25) is 4.79 Å². The van der Waals surface area contributed by atoms with E-state index in [1.807, 2.05) is 32.3 Å². The van der Waals surface area contributed by atoms with Crippen molar-refractivity contribution in [2.24, 2.45) is 0 Å². The Bertz CT molecular complexity index is 1210. The Hall–Kier alpha value is -2.57. The van der Waals surface area contributed by atoms with Crippen LogP contribution in [-0.4, -0.2) is 18.9 Å². The number of aromatic nitrogens is 1. The minimum Gasteiger partial charge on any atom is -0.328 e. The number of benzene rings is 2. The lowest BCUT2D eigenvalue weighted by Crippen LogP contribution is -2.19. The lowest BCUT2D eigenvalue weighted by Gasteiger charge is -2.17. The first-order valence-electron chi connectivity index (χ1n) is 9.64. The first kappa shape index (κ1) is 22.1. The molecule has 0 atom stereocenters. The minimum atomic E-state index is -3.86. The van der Waals surface area contributed by atoms with Crippen molar-refractivity contribution < 1.29 is 13.2 Å². The van der Waals surface area contributed by atoms with Crippen molar-refractivity contribution in [3.63, 3.8) is 0 Å². The molecule has 0 spiro atoms. The van der Waals surface area contributed by atoms with Crippen molar-refractivity contribution in [2.75, 3.05) is 5.32 Å². The predicted octanol–water partition coefficient (Wildman–Crippen LogP) is 5.73. The highest BCUT2D eigenvalue weighted by Gasteiger charge is 2.31. The predicted molar refractivity (Wildman–Crippen MR) is 120 cm³/mol. The number of rotatable bonds is 5. The molecule has 3 aromatic rings. The van der Waals surface area contributed by atoms with Crippen LogP contribution in [0.4, 0.5) is 5.82 Å². The molecule has 0 aliphatic carbocycles. The quantitative estimate of drug-likeness (QED) is 0.546. The maximum absolute atomic E-state index is 13.6. The summed E-state index contributed by atoms with van der Waals surface area (Å²) in [6, 6.07) is 13.3. The van der Waals surface area contributed by atoms with E-state index in [9.17, 15) is 13.2 Å². The Morgan fingerprint density at radius 2 is 1.60 bits per heavy atom. The van der Waals surface area contributed by atoms with Gasteiger partial charge in [-0.25, -0.2) is 8.42 Å². The van der Waals surface area contributed by atoms with E-state index in [0.717, 1.165) is 11.3 Å². The second-order valence-electron chi connectivity index (χ2n) is 7.60. The third kappa shape index (κ3) is 3.89. The molecule has 0 unspecified atom stereocenters. The highest BCUT2D eigenvalue weighted by Crippen LogP contribution is 2.37. The Labute approximate surface area is 182 Å². The van der Waals surface area contributed by atoms with Crippen LogP contribution in [-0.2, 0) is 9.84 Å². The number of carbonyl (C=O) groups is 1. The topological polar surface area (TPSA) is 68.2 Å². The summed E-state index contributed by atoms with van der Waals surface area (Å²) in [6.07, 6.45) is 0. The molecule has 0 aliphatic heterocycles. The third-order valence-electron chi connectivity index (χ3n) is 5.17. The Balaban J connectivity index is 2.21. The van der Waals surface area contributed by atoms with E-state index in [2.05, 4.69) is 5.32 Å². The van der Waals surface area contributed by atoms with Crippen molar-refractivity contribution in [3.8, 4) is 0 Å². The van der Waals surface area contributed by atoms with Gasteiger partial charge in [0.15, 0.2) is 0 Å². The molecule has 1 amide bonds. The van der Waals surface area contributed by atoms with E-state index in [1.165, 1.54) is 0 Å². The highest BCUT2D eigenvalue weighted by molar-refractivity contribution is 7.91. The fourth-order valence-corrected chi connectivity index (χ4v) is 5.45. The molecule has 0 radical (unpaired) electrons. The molecule has 0 aliphatic rings. The first-order chi connectivity index (χ1) is 14.1. The number of carbonyl (C=O) groups excluding carboxylic acids is 1. The SMILES string of the molecule is Cc1ccc(S(=O)(=O)c2c(C)c(C)n(C(C)C)c2NC(=O)c2ccccc2Cl)cc1. The van der Waals surface area contributed by atoms with Crippen molar-refractivity contribution in [1.29, 1.82) is 0 Å². The van der Waals surface area contributed by atoms with E-state index < -0.39 is 15.7 Å². The smallest absolute Gasteiger partial charge is 0.258 e. The van der Waals surface area contributed by atoms with Crippen molar-refractivity contribution in [3.05, 3.63) is 75.9 Å². The van der Waals surface area contributed by atoms with E-state index >= 15 is 0 Å². The van der Waals surface area contributed by atoms with Gasteiger partial charge in [0.2, 0.25) is 9.84 Å². The largest absolute Gasteiger partial charge is 0.328 e. The summed E-state index contributed by atoms with van der Waals surface area (Å²) in [4.78, 5) is 13.3. The Morgan fingerprint density at radius 3 is 2.17 bits per heavy atom. The normalized spacial score (nSPS) is 11.7. The maximum atomic E-state index is 13.6. The van der Waals surface area contributed by atoms with Crippen LogP contribution in [0, 0.1) is 20.8 Å². The molecule has 0 saturated carbocycles. The fourth-order valence-electron chi connectivity index (χ4n) is 3.55. The Kier molecular flexibility index (Phi) is 6.11. The zero-order chi connectivity index (χ0) is 22.2. The van der Waals surface area contributed by atoms with Gasteiger partial charge in [0.1, 0.15) is 10.7 Å². The summed E-state index contributed by atoms with van der Waals surface area (Å²) in [5.41, 5.74) is 2.64. The third-order valence-corrected chi connectivity index (χ3v) is 7.43. The number of hydrogen-bond donors (Lipinski definition) is 1. The molecule has 158 valence electrons. The molecule has 2 aromatic carbocycles. The molecule has 7 heteroatoms. The summed E-state index contributed by atoms with van der Waals surface area (Å²) in [7, 11) is -3.86. The van der Waals surface area contributed by atoms with E-state index in [0.29, 0.717) is 10.6 Å². The van der Waals surface area contributed by atoms with E-state index in [1.54, 1.807) is 55.5 Å². The van der Waals surface area contributed by atoms with Crippen LogP contribution in [0.15, 0.2) is 58.3 Å². The van der Waals surface area contributed by atoms with Gasteiger partial charge in [0.05, 0.1) is 15.5 Å². The molecule has 1 heterocycles. The van der Waals surface area contributed by atoms with Crippen molar-refractivity contribution in [1.82, 2.24) is 4.57 Å². The van der Waals surface area contributed by atoms with Crippen LogP contribution < -0.4 is 5.32 Å². The number of nitrogens with one attached hydrogen (secondary N) is 1. The molecule has 0 saturated heterocycles. The number of halogens is 1. The summed E-state index contributed by atoms with van der Waals surface area (Å²) < 4.78 is 29.0. The zero-order valence-electron chi connectivity index (χ0n) is 17.7. The maximum Gasteiger partial charge on any atom is 0.258 e. The van der Waals surface area contributed by atoms with Crippen molar-refractivity contribution in [2.45, 2.75) is 50.5 Å². The minimum absolute atomic E-state index is 0.0628. The van der Waals surface area contributed by atoms with Crippen LogP contribution in [0.5, 0.6) is 0 Å². The molecule has 5 nitrogen and oxygen atoms in total. The van der Waals surface area contributed by atoms with Crippen molar-refractivity contribution >= 4 is 33.2 Å². The van der Waals surface area contributed by atoms with Gasteiger partial charge in [0, 0.05) is 11.7 Å². The highest BCUT2D eigenvalue weighted by atomic mass is 35.5. The van der Waals surface area contributed by atoms with Gasteiger partial charge in [-0.15, -0.1) is 0 Å². The molecule has 30 heavy (non-hydrogen) atoms. The summed E-state index contributed by atoms with van der Waals surface area (Å²) in [6.45, 7) is 9.41. The average molecular weight is 445 g/mol. The van der Waals surface area contributed by atoms with Gasteiger partial charge in [-0.05, 0) is 64.4 Å². The lowest BCUT2D eigenvalue weighted by atomic mass is 10.2. The summed E-state index contributed by atoms with van der Waals surface area (Å²) >= 11 is 6.18. The van der Waals surface area contributed by atoms with E-state index in [4.69, 9.17) is 11.6 Å². The van der Waals surface area contributed by atoms with Gasteiger partial charge in [0.25, 0.3) is 5.91 Å². The molecule has 1 aromatic heterocycles. The van der Waals surface area contributed by atoms with Gasteiger partial charge >= 0.3 is 0 Å². The van der Waals surface area contributed by atoms with Crippen LogP contribution in [0.2, 0.25) is 5.02 Å². The molecule has 1 N–H and O–H groups in total. The van der Waals surface area contributed by atoms with Gasteiger partial charge in [-0.1, -0.05) is 41.4 Å². The fraction of sp³-hybridized carbons (Fsp3) is 0.261. The monoisotopic (exact) mass is 444 g/mol. The molecular weight excluding hydrogens is 420 g/mol. The molecule has 0 bridgehead atoms. The number of aryl methyl sites for hydroxylation is 1. The van der Waals surface area contributed by atoms with Crippen LogP contribution in [0.3, 0.4) is 0 Å². The summed E-state index contributed by atoms with van der Waals surface area (Å²) in [5, 5.41) is 3.13. The number of sulfone groups is 1. The standard InChI is InChI=1S/C23H25ClN2O3S/c1-14(2)26-17(5)16(4)21(30(28,29)18-12-10-15(3)11-13-18)22(26)25-23(27)19-8-6-7-9-20(19)24/h6-14H,1-5H3,(H,25,27). The first-order valence-corrected chi connectivity index (χ1v) is 11.5. The van der Waals surface area contributed by atoms with Gasteiger partial charge < -0.3 is 9.88 Å². The second kappa shape index (κ2) is 8.28. The molecular formula is C23H25ClN2O3S. The van der Waals surface area contributed by atoms with Crippen LogP contribution in [0.1, 0.15) is 47.1 Å². The summed E-state index contributed by atoms with van der Waals surface area (Å²) in [5.74, 6) is -0.203. The second-order valence-corrected chi connectivity index (χ2v) is 9.90. The van der Waals surface area contributed by atoms with Crippen LogP contribution >= 0.6 is 11.6 Å². The number of anilines is 1. The Morgan fingerprint density at radius 1 is 1.00 bits per heavy atom. The number of nitrogens with zero attached hydrogens (tertiary/aromatic N) is 1. The average Bonchev–Trinajstić information content (AvgIpc) is 2.93. The molecule has 0 fully saturated rings. The number of amides is 1. The lowest BCUT2D eigenvalue weighted by molar-refractivity contribution is 0.102.